The number of rotatable bonds is 6. The fourth-order valence-corrected chi connectivity index (χ4v) is 1.94. The van der Waals surface area contributed by atoms with Gasteiger partial charge in [0, 0.05) is 6.42 Å². The van der Waals surface area contributed by atoms with Crippen LogP contribution in [0.3, 0.4) is 0 Å². The SMILES string of the molecule is COC(=O)c1cccc(Oc2nc[nH]c(=O)c2CCC(C)=O)c1. The van der Waals surface area contributed by atoms with Crippen molar-refractivity contribution in [3.05, 3.63) is 52.1 Å². The molecular formula is C16H16N2O5. The number of methoxy groups -OCH3 is 1. The Balaban J connectivity index is 2.29. The number of benzene rings is 1. The summed E-state index contributed by atoms with van der Waals surface area (Å²) in [6.07, 6.45) is 1.66. The molecule has 1 heterocycles. The lowest BCUT2D eigenvalue weighted by molar-refractivity contribution is -0.116. The monoisotopic (exact) mass is 316 g/mol. The molecule has 120 valence electrons. The first-order valence-corrected chi connectivity index (χ1v) is 6.93. The van der Waals surface area contributed by atoms with Crippen LogP contribution >= 0.6 is 0 Å². The van der Waals surface area contributed by atoms with Crippen molar-refractivity contribution in [1.29, 1.82) is 0 Å². The standard InChI is InChI=1S/C16H16N2O5/c1-10(19)6-7-13-14(20)17-9-18-15(13)23-12-5-3-4-11(8-12)16(21)22-2/h3-5,8-9H,6-7H2,1-2H3,(H,17,18,20). The summed E-state index contributed by atoms with van der Waals surface area (Å²) >= 11 is 0. The van der Waals surface area contributed by atoms with E-state index < -0.39 is 5.97 Å². The molecule has 0 aliphatic rings. The van der Waals surface area contributed by atoms with Crippen molar-refractivity contribution in [2.24, 2.45) is 0 Å². The lowest BCUT2D eigenvalue weighted by Crippen LogP contribution is -2.15. The average Bonchev–Trinajstić information content (AvgIpc) is 2.53. The van der Waals surface area contributed by atoms with Crippen LogP contribution < -0.4 is 10.3 Å². The maximum atomic E-state index is 11.9. The lowest BCUT2D eigenvalue weighted by atomic mass is 10.1. The Morgan fingerprint density at radius 1 is 1.30 bits per heavy atom. The van der Waals surface area contributed by atoms with Crippen molar-refractivity contribution < 1.29 is 19.1 Å². The van der Waals surface area contributed by atoms with E-state index in [-0.39, 0.29) is 35.6 Å². The van der Waals surface area contributed by atoms with E-state index in [0.29, 0.717) is 11.3 Å². The summed E-state index contributed by atoms with van der Waals surface area (Å²) in [5, 5.41) is 0. The van der Waals surface area contributed by atoms with Gasteiger partial charge in [0.15, 0.2) is 0 Å². The first-order valence-electron chi connectivity index (χ1n) is 6.93. The largest absolute Gasteiger partial charge is 0.465 e. The van der Waals surface area contributed by atoms with Crippen LogP contribution in [-0.2, 0) is 16.0 Å². The number of carbonyl (C=O) groups is 2. The quantitative estimate of drug-likeness (QED) is 0.817. The molecule has 0 atom stereocenters. The normalized spacial score (nSPS) is 10.2. The number of aromatic amines is 1. The first kappa shape index (κ1) is 16.4. The van der Waals surface area contributed by atoms with Crippen molar-refractivity contribution in [2.45, 2.75) is 19.8 Å². The number of hydrogen-bond acceptors (Lipinski definition) is 6. The van der Waals surface area contributed by atoms with Crippen LogP contribution in [0.1, 0.15) is 29.3 Å². The van der Waals surface area contributed by atoms with E-state index in [1.165, 1.54) is 26.4 Å². The maximum absolute atomic E-state index is 11.9. The van der Waals surface area contributed by atoms with Gasteiger partial charge in [-0.15, -0.1) is 0 Å². The Morgan fingerprint density at radius 2 is 2.09 bits per heavy atom. The van der Waals surface area contributed by atoms with Gasteiger partial charge in [0.2, 0.25) is 5.88 Å². The van der Waals surface area contributed by atoms with E-state index in [2.05, 4.69) is 14.7 Å². The minimum atomic E-state index is -0.494. The van der Waals surface area contributed by atoms with Gasteiger partial charge < -0.3 is 19.3 Å². The van der Waals surface area contributed by atoms with Gasteiger partial charge in [-0.05, 0) is 31.5 Å². The molecule has 1 aromatic heterocycles. The molecule has 1 aromatic carbocycles. The lowest BCUT2D eigenvalue weighted by Gasteiger charge is -2.09. The molecule has 23 heavy (non-hydrogen) atoms. The number of esters is 1. The van der Waals surface area contributed by atoms with E-state index in [0.717, 1.165) is 0 Å². The van der Waals surface area contributed by atoms with Crippen molar-refractivity contribution in [3.63, 3.8) is 0 Å². The van der Waals surface area contributed by atoms with E-state index in [1.54, 1.807) is 18.2 Å². The predicted molar refractivity (Wildman–Crippen MR) is 81.7 cm³/mol. The molecule has 0 unspecified atom stereocenters. The molecule has 2 rings (SSSR count). The summed E-state index contributed by atoms with van der Waals surface area (Å²) in [7, 11) is 1.29. The third kappa shape index (κ3) is 4.26. The zero-order valence-electron chi connectivity index (χ0n) is 12.8. The summed E-state index contributed by atoms with van der Waals surface area (Å²) in [6.45, 7) is 1.45. The zero-order chi connectivity index (χ0) is 16.8. The van der Waals surface area contributed by atoms with E-state index in [1.807, 2.05) is 0 Å². The van der Waals surface area contributed by atoms with E-state index in [9.17, 15) is 14.4 Å². The second-order valence-corrected chi connectivity index (χ2v) is 4.84. The molecule has 0 fully saturated rings. The van der Waals surface area contributed by atoms with E-state index >= 15 is 0 Å². The zero-order valence-corrected chi connectivity index (χ0v) is 12.8. The molecule has 0 bridgehead atoms. The van der Waals surface area contributed by atoms with Gasteiger partial charge in [0.05, 0.1) is 24.6 Å². The number of ketones is 1. The van der Waals surface area contributed by atoms with Gasteiger partial charge in [-0.1, -0.05) is 6.07 Å². The molecule has 0 aliphatic heterocycles. The molecule has 7 heteroatoms. The number of ether oxygens (including phenoxy) is 2. The third-order valence-electron chi connectivity index (χ3n) is 3.11. The number of hydrogen-bond donors (Lipinski definition) is 1. The summed E-state index contributed by atoms with van der Waals surface area (Å²) in [5.74, 6) is -0.0786. The summed E-state index contributed by atoms with van der Waals surface area (Å²) in [6, 6.07) is 6.33. The van der Waals surface area contributed by atoms with Gasteiger partial charge in [0.25, 0.3) is 5.56 Å². The summed E-state index contributed by atoms with van der Waals surface area (Å²) < 4.78 is 10.3. The minimum absolute atomic E-state index is 0.0353. The van der Waals surface area contributed by atoms with Crippen LogP contribution in [0.4, 0.5) is 0 Å². The van der Waals surface area contributed by atoms with Gasteiger partial charge in [-0.2, -0.15) is 0 Å². The molecule has 0 spiro atoms. The van der Waals surface area contributed by atoms with Crippen LogP contribution in [0.25, 0.3) is 0 Å². The van der Waals surface area contributed by atoms with Gasteiger partial charge in [0.1, 0.15) is 11.5 Å². The fraction of sp³-hybridized carbons (Fsp3) is 0.250. The van der Waals surface area contributed by atoms with Crippen LogP contribution in [0.2, 0.25) is 0 Å². The third-order valence-corrected chi connectivity index (χ3v) is 3.11. The Hall–Kier alpha value is -2.96. The van der Waals surface area contributed by atoms with Crippen LogP contribution in [0.5, 0.6) is 11.6 Å². The average molecular weight is 316 g/mol. The number of H-pyrrole nitrogens is 1. The molecule has 0 amide bonds. The topological polar surface area (TPSA) is 98.3 Å². The molecule has 0 saturated heterocycles. The highest BCUT2D eigenvalue weighted by atomic mass is 16.5. The van der Waals surface area contributed by atoms with Gasteiger partial charge >= 0.3 is 5.97 Å². The highest BCUT2D eigenvalue weighted by molar-refractivity contribution is 5.89. The number of nitrogens with zero attached hydrogens (tertiary/aromatic N) is 1. The number of Topliss-reactive ketones (excluding diaryl/α,β-unsaturated/α-hetero) is 1. The van der Waals surface area contributed by atoms with E-state index in [4.69, 9.17) is 4.74 Å². The Morgan fingerprint density at radius 3 is 2.78 bits per heavy atom. The van der Waals surface area contributed by atoms with Crippen molar-refractivity contribution in [2.75, 3.05) is 7.11 Å². The molecule has 1 N–H and O–H groups in total. The number of nitrogens with one attached hydrogen (secondary N) is 1. The highest BCUT2D eigenvalue weighted by Crippen LogP contribution is 2.23. The molecule has 7 nitrogen and oxygen atoms in total. The van der Waals surface area contributed by atoms with Crippen LogP contribution in [0, 0.1) is 0 Å². The highest BCUT2D eigenvalue weighted by Gasteiger charge is 2.13. The smallest absolute Gasteiger partial charge is 0.337 e. The predicted octanol–water partition coefficient (Wildman–Crippen LogP) is 1.87. The Bertz CT molecular complexity index is 782. The molecule has 0 saturated carbocycles. The fourth-order valence-electron chi connectivity index (χ4n) is 1.94. The van der Waals surface area contributed by atoms with Gasteiger partial charge in [-0.25, -0.2) is 9.78 Å². The van der Waals surface area contributed by atoms with Crippen molar-refractivity contribution in [1.82, 2.24) is 9.97 Å². The summed E-state index contributed by atoms with van der Waals surface area (Å²) in [4.78, 5) is 41.0. The molecule has 0 radical (unpaired) electrons. The number of carbonyl (C=O) groups excluding carboxylic acids is 2. The van der Waals surface area contributed by atoms with Crippen molar-refractivity contribution in [3.8, 4) is 11.6 Å². The van der Waals surface area contributed by atoms with Crippen LogP contribution in [-0.4, -0.2) is 28.8 Å². The second kappa shape index (κ2) is 7.35. The van der Waals surface area contributed by atoms with Crippen molar-refractivity contribution >= 4 is 11.8 Å². The molecule has 2 aromatic rings. The molecule has 0 aliphatic carbocycles. The number of aromatic nitrogens is 2. The Kier molecular flexibility index (Phi) is 5.24. The van der Waals surface area contributed by atoms with Crippen LogP contribution in [0.15, 0.2) is 35.4 Å². The molecular weight excluding hydrogens is 300 g/mol. The maximum Gasteiger partial charge on any atom is 0.337 e. The minimum Gasteiger partial charge on any atom is -0.465 e. The first-order chi connectivity index (χ1) is 11.0. The Labute approximate surface area is 132 Å². The summed E-state index contributed by atoms with van der Waals surface area (Å²) in [5.41, 5.74) is 0.242. The van der Waals surface area contributed by atoms with Gasteiger partial charge in [-0.3, -0.25) is 4.79 Å². The second-order valence-electron chi connectivity index (χ2n) is 4.84.